The van der Waals surface area contributed by atoms with E-state index in [0.29, 0.717) is 19.8 Å². The van der Waals surface area contributed by atoms with Crippen LogP contribution in [-0.4, -0.2) is 6.61 Å². The molecule has 3 nitrogen and oxygen atoms in total. The van der Waals surface area contributed by atoms with Crippen molar-refractivity contribution in [3.05, 3.63) is 89.5 Å². The van der Waals surface area contributed by atoms with Gasteiger partial charge in [-0.2, -0.15) is 0 Å². The molecular formula is C25H26O3. The maximum absolute atomic E-state index is 6.25. The molecule has 3 aromatic carbocycles. The Bertz CT molecular complexity index is 905. The number of hydrogen-bond acceptors (Lipinski definition) is 3. The summed E-state index contributed by atoms with van der Waals surface area (Å²) in [6.45, 7) is 3.86. The van der Waals surface area contributed by atoms with Crippen LogP contribution in [-0.2, 0) is 13.2 Å². The Kier molecular flexibility index (Phi) is 5.81. The fraction of sp³-hybridized carbons (Fsp3) is 0.280. The molecule has 0 radical (unpaired) electrons. The van der Waals surface area contributed by atoms with Crippen molar-refractivity contribution in [3.8, 4) is 17.2 Å². The fourth-order valence-corrected chi connectivity index (χ4v) is 3.59. The van der Waals surface area contributed by atoms with E-state index in [4.69, 9.17) is 14.2 Å². The van der Waals surface area contributed by atoms with E-state index in [2.05, 4.69) is 31.2 Å². The van der Waals surface area contributed by atoms with Crippen molar-refractivity contribution in [1.82, 2.24) is 0 Å². The third kappa shape index (κ3) is 4.30. The molecule has 2 aliphatic rings. The second-order valence-corrected chi connectivity index (χ2v) is 7.17. The standard InChI is InChI=1S/C25H26O3/c1-2-8-20-17-28-24-12-7-6-11-21(24)18-26-22-13-14-23(20)25(15-22)27-16-19-9-4-3-5-10-19/h3-7,9-15,20H,2,8,16-18H2,1H3. The van der Waals surface area contributed by atoms with Gasteiger partial charge in [0, 0.05) is 23.1 Å². The lowest BCUT2D eigenvalue weighted by molar-refractivity contribution is 0.260. The highest BCUT2D eigenvalue weighted by atomic mass is 16.5. The summed E-state index contributed by atoms with van der Waals surface area (Å²) >= 11 is 0. The first-order chi connectivity index (χ1) is 13.8. The minimum Gasteiger partial charge on any atom is -0.493 e. The second-order valence-electron chi connectivity index (χ2n) is 7.17. The van der Waals surface area contributed by atoms with Crippen molar-refractivity contribution >= 4 is 0 Å². The summed E-state index contributed by atoms with van der Waals surface area (Å²) in [5.74, 6) is 2.88. The molecule has 0 spiro atoms. The second kappa shape index (κ2) is 8.83. The Labute approximate surface area is 166 Å². The van der Waals surface area contributed by atoms with Crippen LogP contribution in [0.25, 0.3) is 0 Å². The lowest BCUT2D eigenvalue weighted by Gasteiger charge is -2.21. The SMILES string of the molecule is CCCC1COc2ccccc2COc2ccc1c(OCc1ccccc1)c2. The molecule has 3 aromatic rings. The summed E-state index contributed by atoms with van der Waals surface area (Å²) < 4.78 is 18.5. The Morgan fingerprint density at radius 1 is 0.929 bits per heavy atom. The van der Waals surface area contributed by atoms with Gasteiger partial charge in [0.1, 0.15) is 30.5 Å². The van der Waals surface area contributed by atoms with Gasteiger partial charge in [0.05, 0.1) is 6.61 Å². The molecular weight excluding hydrogens is 348 g/mol. The van der Waals surface area contributed by atoms with Gasteiger partial charge in [0.15, 0.2) is 0 Å². The summed E-state index contributed by atoms with van der Waals surface area (Å²) in [5, 5.41) is 0. The molecule has 1 atom stereocenters. The first-order valence-electron chi connectivity index (χ1n) is 9.97. The van der Waals surface area contributed by atoms with Crippen LogP contribution in [0.2, 0.25) is 0 Å². The van der Waals surface area contributed by atoms with Crippen LogP contribution < -0.4 is 14.2 Å². The van der Waals surface area contributed by atoms with E-state index >= 15 is 0 Å². The molecule has 0 N–H and O–H groups in total. The van der Waals surface area contributed by atoms with Crippen molar-refractivity contribution in [2.75, 3.05) is 6.61 Å². The molecule has 0 aromatic heterocycles. The largest absolute Gasteiger partial charge is 0.493 e. The summed E-state index contributed by atoms with van der Waals surface area (Å²) in [7, 11) is 0. The first-order valence-corrected chi connectivity index (χ1v) is 9.97. The summed E-state index contributed by atoms with van der Waals surface area (Å²) in [4.78, 5) is 0. The van der Waals surface area contributed by atoms with Crippen LogP contribution >= 0.6 is 0 Å². The molecule has 0 saturated carbocycles. The molecule has 144 valence electrons. The van der Waals surface area contributed by atoms with E-state index in [1.165, 1.54) is 5.56 Å². The Morgan fingerprint density at radius 3 is 2.61 bits per heavy atom. The average molecular weight is 374 g/mol. The topological polar surface area (TPSA) is 27.7 Å². The zero-order valence-corrected chi connectivity index (χ0v) is 16.3. The van der Waals surface area contributed by atoms with Gasteiger partial charge in [-0.05, 0) is 24.1 Å². The highest BCUT2D eigenvalue weighted by Gasteiger charge is 2.20. The molecule has 0 aliphatic carbocycles. The smallest absolute Gasteiger partial charge is 0.127 e. The fourth-order valence-electron chi connectivity index (χ4n) is 3.59. The number of para-hydroxylation sites is 1. The van der Waals surface area contributed by atoms with Gasteiger partial charge in [-0.1, -0.05) is 67.9 Å². The molecule has 0 fully saturated rings. The first kappa shape index (κ1) is 18.4. The third-order valence-electron chi connectivity index (χ3n) is 5.11. The third-order valence-corrected chi connectivity index (χ3v) is 5.11. The number of benzene rings is 3. The minimum absolute atomic E-state index is 0.274. The average Bonchev–Trinajstić information content (AvgIpc) is 2.79. The normalized spacial score (nSPS) is 15.7. The maximum atomic E-state index is 6.25. The van der Waals surface area contributed by atoms with E-state index in [9.17, 15) is 0 Å². The molecule has 1 unspecified atom stereocenters. The van der Waals surface area contributed by atoms with E-state index < -0.39 is 0 Å². The molecule has 3 heteroatoms. The van der Waals surface area contributed by atoms with Gasteiger partial charge in [-0.25, -0.2) is 0 Å². The summed E-state index contributed by atoms with van der Waals surface area (Å²) in [6.07, 6.45) is 2.14. The van der Waals surface area contributed by atoms with Crippen LogP contribution in [0.1, 0.15) is 42.4 Å². The summed E-state index contributed by atoms with van der Waals surface area (Å²) in [5.41, 5.74) is 3.40. The Balaban J connectivity index is 1.65. The summed E-state index contributed by atoms with van der Waals surface area (Å²) in [6, 6.07) is 24.6. The minimum atomic E-state index is 0.274. The molecule has 5 rings (SSSR count). The zero-order chi connectivity index (χ0) is 19.2. The molecule has 2 aliphatic heterocycles. The maximum Gasteiger partial charge on any atom is 0.127 e. The Hall–Kier alpha value is -2.94. The van der Waals surface area contributed by atoms with Gasteiger partial charge < -0.3 is 14.2 Å². The molecule has 2 bridgehead atoms. The molecule has 28 heavy (non-hydrogen) atoms. The van der Waals surface area contributed by atoms with Crippen molar-refractivity contribution in [1.29, 1.82) is 0 Å². The van der Waals surface area contributed by atoms with Gasteiger partial charge in [-0.15, -0.1) is 0 Å². The van der Waals surface area contributed by atoms with Crippen LogP contribution in [0.4, 0.5) is 0 Å². The zero-order valence-electron chi connectivity index (χ0n) is 16.3. The number of rotatable bonds is 5. The monoisotopic (exact) mass is 374 g/mol. The van der Waals surface area contributed by atoms with Crippen molar-refractivity contribution in [3.63, 3.8) is 0 Å². The highest BCUT2D eigenvalue weighted by Crippen LogP contribution is 2.36. The number of hydrogen-bond donors (Lipinski definition) is 0. The Morgan fingerprint density at radius 2 is 1.75 bits per heavy atom. The van der Waals surface area contributed by atoms with E-state index in [1.54, 1.807) is 0 Å². The van der Waals surface area contributed by atoms with Gasteiger partial charge in [0.25, 0.3) is 0 Å². The predicted octanol–water partition coefficient (Wildman–Crippen LogP) is 6.12. The van der Waals surface area contributed by atoms with Crippen molar-refractivity contribution < 1.29 is 14.2 Å². The molecule has 2 heterocycles. The van der Waals surface area contributed by atoms with Gasteiger partial charge in [0.2, 0.25) is 0 Å². The highest BCUT2D eigenvalue weighted by molar-refractivity contribution is 5.44. The van der Waals surface area contributed by atoms with Gasteiger partial charge >= 0.3 is 0 Å². The number of fused-ring (bicyclic) bond motifs is 5. The van der Waals surface area contributed by atoms with Crippen molar-refractivity contribution in [2.45, 2.75) is 38.9 Å². The van der Waals surface area contributed by atoms with Crippen LogP contribution in [0, 0.1) is 0 Å². The molecule has 0 saturated heterocycles. The van der Waals surface area contributed by atoms with E-state index in [0.717, 1.165) is 41.2 Å². The molecule has 0 amide bonds. The van der Waals surface area contributed by atoms with Crippen LogP contribution in [0.3, 0.4) is 0 Å². The van der Waals surface area contributed by atoms with E-state index in [1.807, 2.05) is 48.5 Å². The lowest BCUT2D eigenvalue weighted by Crippen LogP contribution is -2.12. The lowest BCUT2D eigenvalue weighted by atomic mass is 9.94. The van der Waals surface area contributed by atoms with Crippen molar-refractivity contribution in [2.24, 2.45) is 0 Å². The van der Waals surface area contributed by atoms with E-state index in [-0.39, 0.29) is 5.92 Å². The van der Waals surface area contributed by atoms with Gasteiger partial charge in [-0.3, -0.25) is 0 Å². The number of ether oxygens (including phenoxy) is 3. The van der Waals surface area contributed by atoms with Crippen LogP contribution in [0.5, 0.6) is 17.2 Å². The quantitative estimate of drug-likeness (QED) is 0.538. The van der Waals surface area contributed by atoms with Crippen LogP contribution in [0.15, 0.2) is 72.8 Å². The predicted molar refractivity (Wildman–Crippen MR) is 111 cm³/mol.